The number of hydrogen-bond acceptors (Lipinski definition) is 8. The van der Waals surface area contributed by atoms with Gasteiger partial charge in [0.1, 0.15) is 12.4 Å². The lowest BCUT2D eigenvalue weighted by molar-refractivity contribution is -0.117. The lowest BCUT2D eigenvalue weighted by Gasteiger charge is -2.35. The van der Waals surface area contributed by atoms with Crippen LogP contribution in [0, 0.1) is 0 Å². The maximum absolute atomic E-state index is 11.9. The first kappa shape index (κ1) is 36.2. The summed E-state index contributed by atoms with van der Waals surface area (Å²) in [5.41, 5.74) is 5.39. The van der Waals surface area contributed by atoms with E-state index in [0.717, 1.165) is 65.5 Å². The molecule has 2 N–H and O–H groups in total. The third kappa shape index (κ3) is 8.06. The minimum atomic E-state index is -1.12. The van der Waals surface area contributed by atoms with Gasteiger partial charge in [0.15, 0.2) is 5.60 Å². The Bertz CT molecular complexity index is 1570. The summed E-state index contributed by atoms with van der Waals surface area (Å²) >= 11 is 0. The summed E-state index contributed by atoms with van der Waals surface area (Å²) in [6.45, 7) is 20.8. The van der Waals surface area contributed by atoms with Gasteiger partial charge in [-0.3, -0.25) is 14.6 Å². The zero-order valence-corrected chi connectivity index (χ0v) is 28.7. The smallest absolute Gasteiger partial charge is 0.243 e. The molecule has 1 atom stereocenters. The maximum Gasteiger partial charge on any atom is 0.243 e. The van der Waals surface area contributed by atoms with E-state index in [4.69, 9.17) is 19.2 Å². The first-order valence-electron chi connectivity index (χ1n) is 16.7. The minimum Gasteiger partial charge on any atom is -0.491 e. The van der Waals surface area contributed by atoms with Gasteiger partial charge in [0, 0.05) is 73.1 Å². The lowest BCUT2D eigenvalue weighted by Crippen LogP contribution is -2.33. The van der Waals surface area contributed by atoms with Crippen molar-refractivity contribution in [3.63, 3.8) is 0 Å². The van der Waals surface area contributed by atoms with Crippen LogP contribution in [-0.4, -0.2) is 69.3 Å². The molecule has 256 valence electrons. The molecule has 4 rings (SSSR count). The van der Waals surface area contributed by atoms with E-state index >= 15 is 0 Å². The Morgan fingerprint density at radius 1 is 0.875 bits per heavy atom. The highest BCUT2D eigenvalue weighted by Crippen LogP contribution is 2.51. The van der Waals surface area contributed by atoms with E-state index in [1.807, 2.05) is 18.2 Å². The normalized spacial score (nSPS) is 14.9. The zero-order valence-electron chi connectivity index (χ0n) is 28.7. The molecule has 0 bridgehead atoms. The van der Waals surface area contributed by atoms with Gasteiger partial charge in [-0.15, -0.1) is 0 Å². The summed E-state index contributed by atoms with van der Waals surface area (Å²) in [5.74, 6) is 0.137. The molecule has 48 heavy (non-hydrogen) atoms. The molecule has 0 spiro atoms. The van der Waals surface area contributed by atoms with Gasteiger partial charge in [0.25, 0.3) is 0 Å². The van der Waals surface area contributed by atoms with Gasteiger partial charge < -0.3 is 34.6 Å². The van der Waals surface area contributed by atoms with E-state index in [1.165, 1.54) is 12.2 Å². The molecule has 2 aromatic carbocycles. The highest BCUT2D eigenvalue weighted by Gasteiger charge is 2.48. The van der Waals surface area contributed by atoms with Crippen LogP contribution in [0.25, 0.3) is 0 Å². The molecule has 0 fully saturated rings. The first-order chi connectivity index (χ1) is 23.4. The highest BCUT2D eigenvalue weighted by atomic mass is 16.5. The Morgan fingerprint density at radius 2 is 1.48 bits per heavy atom. The summed E-state index contributed by atoms with van der Waals surface area (Å²) in [7, 11) is 0. The third-order valence-corrected chi connectivity index (χ3v) is 8.57. The number of fused-ring (bicyclic) bond motifs is 1. The van der Waals surface area contributed by atoms with Gasteiger partial charge >= 0.3 is 0 Å². The summed E-state index contributed by atoms with van der Waals surface area (Å²) in [5, 5.41) is 5.57. The number of benzene rings is 2. The van der Waals surface area contributed by atoms with Crippen molar-refractivity contribution < 1.29 is 23.8 Å². The number of pyridine rings is 1. The molecule has 2 heterocycles. The molecule has 1 aliphatic rings. The topological polar surface area (TPSA) is 105 Å². The van der Waals surface area contributed by atoms with Crippen LogP contribution >= 0.6 is 0 Å². The molecular formula is C38H49N5O5. The average Bonchev–Trinajstić information content (AvgIpc) is 3.51. The molecule has 1 aromatic heterocycles. The van der Waals surface area contributed by atoms with Crippen molar-refractivity contribution in [2.24, 2.45) is 0 Å². The second kappa shape index (κ2) is 17.5. The Morgan fingerprint density at radius 3 is 2.10 bits per heavy atom. The number of nitrogens with zero attached hydrogens (tertiary/aromatic N) is 3. The van der Waals surface area contributed by atoms with Crippen LogP contribution in [0.2, 0.25) is 0 Å². The average molecular weight is 656 g/mol. The van der Waals surface area contributed by atoms with Crippen LogP contribution in [0.15, 0.2) is 80.0 Å². The quantitative estimate of drug-likeness (QED) is 0.136. The van der Waals surface area contributed by atoms with E-state index in [9.17, 15) is 9.59 Å². The Kier molecular flexibility index (Phi) is 13.2. The number of hydrogen-bond donors (Lipinski definition) is 2. The van der Waals surface area contributed by atoms with Crippen molar-refractivity contribution in [3.05, 3.63) is 108 Å². The summed E-state index contributed by atoms with van der Waals surface area (Å²) < 4.78 is 19.6. The van der Waals surface area contributed by atoms with Crippen LogP contribution in [-0.2, 0) is 37.9 Å². The van der Waals surface area contributed by atoms with Crippen molar-refractivity contribution in [1.82, 2.24) is 15.6 Å². The largest absolute Gasteiger partial charge is 0.491 e. The van der Waals surface area contributed by atoms with E-state index in [0.29, 0.717) is 32.1 Å². The van der Waals surface area contributed by atoms with Crippen molar-refractivity contribution in [1.29, 1.82) is 0 Å². The van der Waals surface area contributed by atoms with Crippen LogP contribution in [0.5, 0.6) is 5.75 Å². The number of nitrogens with one attached hydrogen (secondary N) is 2. The Labute approximate surface area is 284 Å². The number of aromatic nitrogens is 1. The number of amides is 2. The second-order valence-electron chi connectivity index (χ2n) is 11.2. The van der Waals surface area contributed by atoms with Crippen LogP contribution in [0.4, 0.5) is 11.4 Å². The molecule has 0 aliphatic carbocycles. The third-order valence-electron chi connectivity index (χ3n) is 8.57. The molecule has 10 nitrogen and oxygen atoms in total. The number of rotatable bonds is 19. The van der Waals surface area contributed by atoms with Crippen molar-refractivity contribution >= 4 is 23.2 Å². The second-order valence-corrected chi connectivity index (χ2v) is 11.2. The molecule has 0 saturated carbocycles. The van der Waals surface area contributed by atoms with Crippen molar-refractivity contribution in [2.75, 3.05) is 62.3 Å². The van der Waals surface area contributed by atoms with E-state index in [2.05, 4.69) is 91.6 Å². The standard InChI is InChI=1S/C38H49N5O5/c1-7-35(44)39-20-22-46-26-29-24-30(42(9-3)10-4)15-17-32(29)38(37-28(27-48-38)14-13-19-41-37)33-18-16-31(43(11-5)12-6)25-34(33)47-23-21-40-36(45)8-2/h7-8,13-19,24-25H,1-2,9-12,20-23,26-27H2,3-6H3,(H,39,44)(H,40,45). The molecule has 0 radical (unpaired) electrons. The SMILES string of the molecule is C=CC(=O)NCCOCc1cc(N(CC)CC)ccc1C1(c2ccc(N(CC)CC)cc2OCCNC(=O)C=C)OCc2cccnc21. The van der Waals surface area contributed by atoms with Crippen LogP contribution in [0.1, 0.15) is 55.6 Å². The van der Waals surface area contributed by atoms with Gasteiger partial charge in [-0.05, 0) is 75.7 Å². The van der Waals surface area contributed by atoms with Crippen LogP contribution < -0.4 is 25.2 Å². The molecule has 1 aliphatic heterocycles. The van der Waals surface area contributed by atoms with Gasteiger partial charge in [-0.25, -0.2) is 0 Å². The number of carbonyl (C=O) groups excluding carboxylic acids is 2. The van der Waals surface area contributed by atoms with Gasteiger partial charge in [0.05, 0.1) is 32.1 Å². The van der Waals surface area contributed by atoms with Gasteiger partial charge in [-0.1, -0.05) is 25.3 Å². The summed E-state index contributed by atoms with van der Waals surface area (Å²) in [4.78, 5) is 33.0. The first-order valence-corrected chi connectivity index (χ1v) is 16.7. The fourth-order valence-electron chi connectivity index (χ4n) is 6.13. The highest BCUT2D eigenvalue weighted by molar-refractivity contribution is 5.87. The van der Waals surface area contributed by atoms with E-state index in [-0.39, 0.29) is 25.0 Å². The predicted octanol–water partition coefficient (Wildman–Crippen LogP) is 5.10. The maximum atomic E-state index is 11.9. The van der Waals surface area contributed by atoms with E-state index < -0.39 is 5.60 Å². The number of anilines is 2. The monoisotopic (exact) mass is 655 g/mol. The molecule has 2 amide bonds. The van der Waals surface area contributed by atoms with Gasteiger partial charge in [-0.2, -0.15) is 0 Å². The molecule has 1 unspecified atom stereocenters. The fourth-order valence-corrected chi connectivity index (χ4v) is 6.13. The Hall–Kier alpha value is -4.67. The van der Waals surface area contributed by atoms with Gasteiger partial charge in [0.2, 0.25) is 11.8 Å². The van der Waals surface area contributed by atoms with Crippen LogP contribution in [0.3, 0.4) is 0 Å². The van der Waals surface area contributed by atoms with Crippen molar-refractivity contribution in [2.45, 2.75) is 46.5 Å². The number of ether oxygens (including phenoxy) is 3. The predicted molar refractivity (Wildman–Crippen MR) is 190 cm³/mol. The molecule has 10 heteroatoms. The lowest BCUT2D eigenvalue weighted by atomic mass is 9.79. The molecule has 0 saturated heterocycles. The minimum absolute atomic E-state index is 0.242. The Balaban J connectivity index is 1.88. The van der Waals surface area contributed by atoms with E-state index in [1.54, 1.807) is 6.20 Å². The molecular weight excluding hydrogens is 606 g/mol. The fraction of sp³-hybridized carbons (Fsp3) is 0.395. The van der Waals surface area contributed by atoms with Crippen molar-refractivity contribution in [3.8, 4) is 5.75 Å². The summed E-state index contributed by atoms with van der Waals surface area (Å²) in [6, 6.07) is 16.6. The summed E-state index contributed by atoms with van der Waals surface area (Å²) in [6.07, 6.45) is 4.28. The number of carbonyl (C=O) groups is 2. The molecule has 3 aromatic rings. The zero-order chi connectivity index (χ0) is 34.5.